The van der Waals surface area contributed by atoms with Gasteiger partial charge in [-0.25, -0.2) is 15.0 Å². The topological polar surface area (TPSA) is 80.5 Å². The minimum Gasteiger partial charge on any atom is -0.438 e. The van der Waals surface area contributed by atoms with Gasteiger partial charge in [0.15, 0.2) is 0 Å². The second kappa shape index (κ2) is 9.44. The maximum Gasteiger partial charge on any atom is 0.228 e. The van der Waals surface area contributed by atoms with Crippen LogP contribution in [0.4, 0.5) is 0 Å². The van der Waals surface area contributed by atoms with Crippen LogP contribution < -0.4 is 10.5 Å². The molecule has 3 aromatic carbocycles. The van der Waals surface area contributed by atoms with Gasteiger partial charge in [-0.15, -0.1) is 0 Å². The molecule has 6 heteroatoms. The lowest BCUT2D eigenvalue weighted by Gasteiger charge is -2.14. The van der Waals surface area contributed by atoms with Crippen LogP contribution in [0.25, 0.3) is 39.0 Å². The monoisotopic (exact) mass is 470 g/mol. The number of nitrogens with zero attached hydrogens (tertiary/aromatic N) is 4. The van der Waals surface area contributed by atoms with Crippen molar-refractivity contribution in [3.63, 3.8) is 0 Å². The largest absolute Gasteiger partial charge is 0.438 e. The third-order valence-corrected chi connectivity index (χ3v) is 6.16. The normalized spacial score (nSPS) is 11.0. The number of fused-ring (bicyclic) bond motifs is 1. The van der Waals surface area contributed by atoms with Crippen LogP contribution in [0, 0.1) is 0 Å². The fourth-order valence-corrected chi connectivity index (χ4v) is 4.25. The zero-order valence-electron chi connectivity index (χ0n) is 19.6. The first-order chi connectivity index (χ1) is 17.8. The molecule has 0 unspecified atom stereocenters. The molecule has 6 rings (SSSR count). The van der Waals surface area contributed by atoms with Gasteiger partial charge in [-0.05, 0) is 42.0 Å². The summed E-state index contributed by atoms with van der Waals surface area (Å²) in [5.74, 6) is 1.22. The van der Waals surface area contributed by atoms with Crippen LogP contribution in [0.15, 0.2) is 116 Å². The third-order valence-electron chi connectivity index (χ3n) is 6.16. The Hall–Kier alpha value is -4.81. The Morgan fingerprint density at radius 3 is 2.33 bits per heavy atom. The number of hydrogen-bond donors (Lipinski definition) is 1. The second-order valence-corrected chi connectivity index (χ2v) is 8.45. The van der Waals surface area contributed by atoms with E-state index < -0.39 is 0 Å². The molecule has 6 aromatic rings. The third kappa shape index (κ3) is 4.21. The Morgan fingerprint density at radius 2 is 1.61 bits per heavy atom. The molecule has 3 heterocycles. The van der Waals surface area contributed by atoms with Crippen molar-refractivity contribution in [3.05, 3.63) is 121 Å². The van der Waals surface area contributed by atoms with E-state index in [1.165, 1.54) is 5.56 Å². The molecule has 6 nitrogen and oxygen atoms in total. The number of rotatable bonds is 6. The van der Waals surface area contributed by atoms with E-state index in [4.69, 9.17) is 9.72 Å². The van der Waals surface area contributed by atoms with Crippen molar-refractivity contribution in [3.8, 4) is 39.7 Å². The predicted molar refractivity (Wildman–Crippen MR) is 141 cm³/mol. The van der Waals surface area contributed by atoms with E-state index in [9.17, 15) is 0 Å². The van der Waals surface area contributed by atoms with Crippen molar-refractivity contribution >= 4 is 10.9 Å². The van der Waals surface area contributed by atoms with Gasteiger partial charge in [-0.3, -0.25) is 0 Å². The number of benzene rings is 3. The molecule has 0 atom stereocenters. The van der Waals surface area contributed by atoms with E-state index in [2.05, 4.69) is 58.2 Å². The molecule has 0 radical (unpaired) electrons. The summed E-state index contributed by atoms with van der Waals surface area (Å²) in [7, 11) is 0. The van der Waals surface area contributed by atoms with E-state index in [1.54, 1.807) is 18.7 Å². The lowest BCUT2D eigenvalue weighted by Crippen LogP contribution is -2.47. The van der Waals surface area contributed by atoms with E-state index in [1.807, 2.05) is 59.3 Å². The fourth-order valence-electron chi connectivity index (χ4n) is 4.25. The summed E-state index contributed by atoms with van der Waals surface area (Å²) >= 11 is 0. The summed E-state index contributed by atoms with van der Waals surface area (Å²) in [4.78, 5) is 13.7. The molecule has 0 fully saturated rings. The first-order valence-electron chi connectivity index (χ1n) is 11.8. The molecule has 3 aromatic heterocycles. The zero-order chi connectivity index (χ0) is 24.3. The molecule has 0 bridgehead atoms. The van der Waals surface area contributed by atoms with Crippen molar-refractivity contribution in [2.45, 2.75) is 6.54 Å². The number of aromatic nitrogens is 4. The standard InChI is InChI=1S/C30H23N5O/c31-19-21-6-8-23(9-7-21)29-26(22-4-2-1-3-5-22)18-27-28(34-29)14-15-33-30(27)36-25-12-10-24(11-13-25)35-17-16-32-20-35/h1-18,20H,19,31H2/p+1. The van der Waals surface area contributed by atoms with Gasteiger partial charge in [0, 0.05) is 41.0 Å². The van der Waals surface area contributed by atoms with E-state index >= 15 is 0 Å². The molecule has 0 aliphatic heterocycles. The summed E-state index contributed by atoms with van der Waals surface area (Å²) in [6.07, 6.45) is 7.17. The lowest BCUT2D eigenvalue weighted by atomic mass is 9.97. The number of ether oxygens (including phenoxy) is 1. The molecule has 0 aliphatic rings. The molecule has 0 saturated heterocycles. The summed E-state index contributed by atoms with van der Waals surface area (Å²) in [5, 5.41) is 0.855. The maximum absolute atomic E-state index is 6.25. The van der Waals surface area contributed by atoms with Gasteiger partial charge in [-0.2, -0.15) is 0 Å². The maximum atomic E-state index is 6.25. The highest BCUT2D eigenvalue weighted by atomic mass is 16.5. The zero-order valence-corrected chi connectivity index (χ0v) is 19.6. The number of imidazole rings is 1. The smallest absolute Gasteiger partial charge is 0.228 e. The molecule has 174 valence electrons. The summed E-state index contributed by atoms with van der Waals surface area (Å²) in [6, 6.07) is 30.6. The van der Waals surface area contributed by atoms with E-state index in [0.29, 0.717) is 11.6 Å². The quantitative estimate of drug-likeness (QED) is 0.339. The van der Waals surface area contributed by atoms with E-state index in [-0.39, 0.29) is 0 Å². The molecule has 0 amide bonds. The van der Waals surface area contributed by atoms with Gasteiger partial charge >= 0.3 is 0 Å². The van der Waals surface area contributed by atoms with Gasteiger partial charge < -0.3 is 15.0 Å². The van der Waals surface area contributed by atoms with Crippen molar-refractivity contribution in [1.29, 1.82) is 0 Å². The Kier molecular flexibility index (Phi) is 5.69. The highest BCUT2D eigenvalue weighted by Gasteiger charge is 2.15. The Balaban J connectivity index is 1.44. The molecule has 36 heavy (non-hydrogen) atoms. The van der Waals surface area contributed by atoms with E-state index in [0.717, 1.165) is 45.5 Å². The van der Waals surface area contributed by atoms with Crippen LogP contribution >= 0.6 is 0 Å². The SMILES string of the molecule is [NH3+]Cc1ccc(-c2nc3ccnc(Oc4ccc(-n5ccnc5)cc4)c3cc2-c2ccccc2)cc1. The molecule has 0 saturated carbocycles. The highest BCUT2D eigenvalue weighted by molar-refractivity contribution is 5.94. The molecular weight excluding hydrogens is 446 g/mol. The van der Waals surface area contributed by atoms with Crippen LogP contribution in [0.2, 0.25) is 0 Å². The first-order valence-corrected chi connectivity index (χ1v) is 11.8. The predicted octanol–water partition coefficient (Wildman–Crippen LogP) is 5.68. The summed E-state index contributed by atoms with van der Waals surface area (Å²) in [6.45, 7) is 0.757. The highest BCUT2D eigenvalue weighted by Crippen LogP contribution is 2.36. The van der Waals surface area contributed by atoms with Crippen molar-refractivity contribution < 1.29 is 10.5 Å². The lowest BCUT2D eigenvalue weighted by molar-refractivity contribution is -0.386. The molecule has 0 aliphatic carbocycles. The average Bonchev–Trinajstić information content (AvgIpc) is 3.49. The van der Waals surface area contributed by atoms with Crippen LogP contribution in [-0.2, 0) is 6.54 Å². The van der Waals surface area contributed by atoms with Crippen LogP contribution in [0.1, 0.15) is 5.56 Å². The van der Waals surface area contributed by atoms with Crippen molar-refractivity contribution in [2.75, 3.05) is 0 Å². The molecule has 3 N–H and O–H groups in total. The van der Waals surface area contributed by atoms with Crippen molar-refractivity contribution in [1.82, 2.24) is 19.5 Å². The average molecular weight is 471 g/mol. The fraction of sp³-hybridized carbons (Fsp3) is 0.0333. The molecule has 0 spiro atoms. The number of pyridine rings is 2. The van der Waals surface area contributed by atoms with Crippen LogP contribution in [0.3, 0.4) is 0 Å². The van der Waals surface area contributed by atoms with Gasteiger partial charge in [0.25, 0.3) is 0 Å². The first kappa shape index (κ1) is 21.7. The van der Waals surface area contributed by atoms with Gasteiger partial charge in [-0.1, -0.05) is 54.6 Å². The van der Waals surface area contributed by atoms with Crippen LogP contribution in [-0.4, -0.2) is 19.5 Å². The summed E-state index contributed by atoms with van der Waals surface area (Å²) in [5.41, 5.74) is 11.1. The minimum atomic E-state index is 0.520. The number of quaternary nitrogens is 1. The number of hydrogen-bond acceptors (Lipinski definition) is 4. The Morgan fingerprint density at radius 1 is 0.806 bits per heavy atom. The van der Waals surface area contributed by atoms with Gasteiger partial charge in [0.05, 0.1) is 29.5 Å². The Labute approximate surface area is 208 Å². The van der Waals surface area contributed by atoms with Gasteiger partial charge in [0.2, 0.25) is 5.88 Å². The Bertz CT molecular complexity index is 1610. The van der Waals surface area contributed by atoms with Crippen molar-refractivity contribution in [2.24, 2.45) is 0 Å². The molecular formula is C30H24N5O+. The van der Waals surface area contributed by atoms with Crippen LogP contribution in [0.5, 0.6) is 11.6 Å². The second-order valence-electron chi connectivity index (χ2n) is 8.45. The summed E-state index contributed by atoms with van der Waals surface area (Å²) < 4.78 is 8.19. The van der Waals surface area contributed by atoms with Gasteiger partial charge in [0.1, 0.15) is 5.75 Å². The minimum absolute atomic E-state index is 0.520.